The lowest BCUT2D eigenvalue weighted by Gasteiger charge is -2.24. The Morgan fingerprint density at radius 3 is 2.81 bits per heavy atom. The minimum Gasteiger partial charge on any atom is -0.359 e. The molecule has 0 unspecified atom stereocenters. The zero-order chi connectivity index (χ0) is 17.9. The fourth-order valence-corrected chi connectivity index (χ4v) is 4.05. The van der Waals surface area contributed by atoms with Crippen LogP contribution in [0.2, 0.25) is 0 Å². The first-order valence-electron chi connectivity index (χ1n) is 9.26. The van der Waals surface area contributed by atoms with Gasteiger partial charge in [0.05, 0.1) is 0 Å². The predicted molar refractivity (Wildman–Crippen MR) is 105 cm³/mol. The molecule has 0 bridgehead atoms. The van der Waals surface area contributed by atoms with E-state index in [2.05, 4.69) is 75.6 Å². The molecular formula is C22H25N3O. The van der Waals surface area contributed by atoms with Crippen molar-refractivity contribution in [1.29, 1.82) is 0 Å². The highest BCUT2D eigenvalue weighted by Gasteiger charge is 2.23. The fraction of sp³-hybridized carbons (Fsp3) is 0.318. The summed E-state index contributed by atoms with van der Waals surface area (Å²) < 4.78 is 2.30. The minimum absolute atomic E-state index is 0.121. The Bertz CT molecular complexity index is 909. The first-order chi connectivity index (χ1) is 12.7. The summed E-state index contributed by atoms with van der Waals surface area (Å²) in [5.41, 5.74) is 2.67. The standard InChI is InChI=1S/C22H25N3O/c1-23-22(26)12-17-13-24(16-20-9-5-11-25(20)14-17)15-19-8-4-7-18-6-2-3-10-21(18)19/h2-11,17H,12-16H2,1H3,(H,23,26)/t17-/m1/s1. The lowest BCUT2D eigenvalue weighted by Crippen LogP contribution is -2.31. The van der Waals surface area contributed by atoms with Crippen molar-refractivity contribution >= 4 is 16.7 Å². The first-order valence-corrected chi connectivity index (χ1v) is 9.26. The third-order valence-electron chi connectivity index (χ3n) is 5.31. The number of rotatable bonds is 4. The molecule has 1 aliphatic heterocycles. The van der Waals surface area contributed by atoms with Crippen LogP contribution in [0, 0.1) is 5.92 Å². The second kappa shape index (κ2) is 7.34. The zero-order valence-electron chi connectivity index (χ0n) is 15.2. The van der Waals surface area contributed by atoms with Crippen molar-refractivity contribution in [1.82, 2.24) is 14.8 Å². The molecule has 4 heteroatoms. The normalized spacial score (nSPS) is 17.7. The number of hydrogen-bond acceptors (Lipinski definition) is 2. The molecule has 1 amide bonds. The van der Waals surface area contributed by atoms with Gasteiger partial charge < -0.3 is 9.88 Å². The molecule has 1 N–H and O–H groups in total. The van der Waals surface area contributed by atoms with Gasteiger partial charge in [0, 0.05) is 51.5 Å². The van der Waals surface area contributed by atoms with Crippen LogP contribution in [0.4, 0.5) is 0 Å². The van der Waals surface area contributed by atoms with Crippen molar-refractivity contribution in [3.63, 3.8) is 0 Å². The summed E-state index contributed by atoms with van der Waals surface area (Å²) >= 11 is 0. The maximum Gasteiger partial charge on any atom is 0.220 e. The molecule has 0 saturated heterocycles. The summed E-state index contributed by atoms with van der Waals surface area (Å²) in [6.45, 7) is 3.65. The van der Waals surface area contributed by atoms with Crippen molar-refractivity contribution < 1.29 is 4.79 Å². The molecule has 4 nitrogen and oxygen atoms in total. The number of nitrogens with zero attached hydrogens (tertiary/aromatic N) is 2. The predicted octanol–water partition coefficient (Wildman–Crippen LogP) is 3.41. The molecule has 0 saturated carbocycles. The molecule has 1 atom stereocenters. The smallest absolute Gasteiger partial charge is 0.220 e. The van der Waals surface area contributed by atoms with Crippen molar-refractivity contribution in [2.45, 2.75) is 26.1 Å². The van der Waals surface area contributed by atoms with Gasteiger partial charge in [-0.15, -0.1) is 0 Å². The Labute approximate surface area is 154 Å². The van der Waals surface area contributed by atoms with Gasteiger partial charge in [0.1, 0.15) is 0 Å². The van der Waals surface area contributed by atoms with Gasteiger partial charge in [0.2, 0.25) is 5.91 Å². The number of nitrogens with one attached hydrogen (secondary N) is 1. The molecular weight excluding hydrogens is 322 g/mol. The van der Waals surface area contributed by atoms with E-state index in [1.807, 2.05) is 0 Å². The maximum atomic E-state index is 11.9. The van der Waals surface area contributed by atoms with E-state index in [0.717, 1.165) is 26.2 Å². The van der Waals surface area contributed by atoms with E-state index in [9.17, 15) is 4.79 Å². The van der Waals surface area contributed by atoms with Crippen LogP contribution in [-0.2, 0) is 24.4 Å². The van der Waals surface area contributed by atoms with E-state index in [1.54, 1.807) is 7.05 Å². The van der Waals surface area contributed by atoms with E-state index < -0.39 is 0 Å². The highest BCUT2D eigenvalue weighted by atomic mass is 16.1. The van der Waals surface area contributed by atoms with Crippen LogP contribution < -0.4 is 5.32 Å². The van der Waals surface area contributed by atoms with Gasteiger partial charge in [0.15, 0.2) is 0 Å². The lowest BCUT2D eigenvalue weighted by molar-refractivity contribution is -0.121. The maximum absolute atomic E-state index is 11.9. The molecule has 2 heterocycles. The molecule has 26 heavy (non-hydrogen) atoms. The average molecular weight is 347 g/mol. The monoisotopic (exact) mass is 347 g/mol. The Balaban J connectivity index is 1.61. The van der Waals surface area contributed by atoms with Gasteiger partial charge in [0.25, 0.3) is 0 Å². The second-order valence-corrected chi connectivity index (χ2v) is 7.20. The molecule has 3 aromatic rings. The molecule has 0 aliphatic carbocycles. The summed E-state index contributed by atoms with van der Waals surface area (Å²) in [6, 6.07) is 19.4. The molecule has 134 valence electrons. The highest BCUT2D eigenvalue weighted by molar-refractivity contribution is 5.85. The number of benzene rings is 2. The Morgan fingerprint density at radius 2 is 1.92 bits per heavy atom. The minimum atomic E-state index is 0.121. The highest BCUT2D eigenvalue weighted by Crippen LogP contribution is 2.24. The number of carbonyl (C=O) groups is 1. The third kappa shape index (κ3) is 3.51. The third-order valence-corrected chi connectivity index (χ3v) is 5.31. The average Bonchev–Trinajstić information content (AvgIpc) is 3.01. The Hall–Kier alpha value is -2.59. The van der Waals surface area contributed by atoms with E-state index in [0.29, 0.717) is 12.3 Å². The lowest BCUT2D eigenvalue weighted by atomic mass is 10.0. The van der Waals surface area contributed by atoms with Gasteiger partial charge >= 0.3 is 0 Å². The quantitative estimate of drug-likeness (QED) is 0.785. The summed E-state index contributed by atoms with van der Waals surface area (Å²) in [6.07, 6.45) is 2.70. The van der Waals surface area contributed by atoms with Gasteiger partial charge in [-0.1, -0.05) is 42.5 Å². The number of hydrogen-bond donors (Lipinski definition) is 1. The summed E-state index contributed by atoms with van der Waals surface area (Å²) in [5, 5.41) is 5.37. The van der Waals surface area contributed by atoms with Gasteiger partial charge in [-0.05, 0) is 34.4 Å². The largest absolute Gasteiger partial charge is 0.359 e. The zero-order valence-corrected chi connectivity index (χ0v) is 15.2. The molecule has 0 fully saturated rings. The van der Waals surface area contributed by atoms with Crippen LogP contribution in [0.15, 0.2) is 60.8 Å². The van der Waals surface area contributed by atoms with E-state index in [1.165, 1.54) is 22.0 Å². The van der Waals surface area contributed by atoms with Gasteiger partial charge in [-0.3, -0.25) is 9.69 Å². The molecule has 4 rings (SSSR count). The number of aromatic nitrogens is 1. The van der Waals surface area contributed by atoms with Gasteiger partial charge in [-0.25, -0.2) is 0 Å². The van der Waals surface area contributed by atoms with E-state index in [-0.39, 0.29) is 5.91 Å². The van der Waals surface area contributed by atoms with E-state index >= 15 is 0 Å². The van der Waals surface area contributed by atoms with Gasteiger partial charge in [-0.2, -0.15) is 0 Å². The molecule has 1 aromatic heterocycles. The first kappa shape index (κ1) is 16.9. The van der Waals surface area contributed by atoms with Crippen LogP contribution >= 0.6 is 0 Å². The van der Waals surface area contributed by atoms with Crippen LogP contribution in [-0.4, -0.2) is 29.0 Å². The Kier molecular flexibility index (Phi) is 4.76. The number of amides is 1. The molecule has 0 radical (unpaired) electrons. The Morgan fingerprint density at radius 1 is 1.08 bits per heavy atom. The van der Waals surface area contributed by atoms with E-state index in [4.69, 9.17) is 0 Å². The molecule has 1 aliphatic rings. The van der Waals surface area contributed by atoms with Crippen LogP contribution in [0.25, 0.3) is 10.8 Å². The molecule has 0 spiro atoms. The van der Waals surface area contributed by atoms with Crippen molar-refractivity contribution in [2.75, 3.05) is 13.6 Å². The van der Waals surface area contributed by atoms with Crippen molar-refractivity contribution in [3.05, 3.63) is 72.1 Å². The summed E-state index contributed by atoms with van der Waals surface area (Å²) in [7, 11) is 1.72. The van der Waals surface area contributed by atoms with Crippen LogP contribution in [0.1, 0.15) is 17.7 Å². The fourth-order valence-electron chi connectivity index (χ4n) is 4.05. The summed E-state index contributed by atoms with van der Waals surface area (Å²) in [5.74, 6) is 0.439. The molecule has 2 aromatic carbocycles. The van der Waals surface area contributed by atoms with Crippen molar-refractivity contribution in [2.24, 2.45) is 5.92 Å². The second-order valence-electron chi connectivity index (χ2n) is 7.20. The summed E-state index contributed by atoms with van der Waals surface area (Å²) in [4.78, 5) is 14.4. The SMILES string of the molecule is CNC(=O)C[C@@H]1CN(Cc2cccc3ccccc23)Cc2cccn2C1. The van der Waals surface area contributed by atoms with Crippen molar-refractivity contribution in [3.8, 4) is 0 Å². The number of carbonyl (C=O) groups excluding carboxylic acids is 1. The van der Waals surface area contributed by atoms with Crippen LogP contribution in [0.3, 0.4) is 0 Å². The number of fused-ring (bicyclic) bond motifs is 2. The van der Waals surface area contributed by atoms with Crippen LogP contribution in [0.5, 0.6) is 0 Å². The topological polar surface area (TPSA) is 37.3 Å².